The van der Waals surface area contributed by atoms with Crippen LogP contribution in [0.2, 0.25) is 0 Å². The van der Waals surface area contributed by atoms with E-state index in [1.807, 2.05) is 13.8 Å². The fourth-order valence-corrected chi connectivity index (χ4v) is 6.53. The molecular formula is C32H30FN3O6S2. The van der Waals surface area contributed by atoms with E-state index in [0.29, 0.717) is 57.2 Å². The van der Waals surface area contributed by atoms with Gasteiger partial charge in [-0.05, 0) is 66.9 Å². The van der Waals surface area contributed by atoms with E-state index in [4.69, 9.17) is 14.2 Å². The largest absolute Gasteiger partial charge is 0.507 e. The number of carbonyl (C=O) groups is 2. The van der Waals surface area contributed by atoms with Gasteiger partial charge in [0.1, 0.15) is 17.3 Å². The average molecular weight is 636 g/mol. The number of thioether (sulfide) groups is 1. The van der Waals surface area contributed by atoms with E-state index >= 15 is 0 Å². The molecule has 1 saturated heterocycles. The van der Waals surface area contributed by atoms with Crippen molar-refractivity contribution in [3.8, 4) is 17.2 Å². The number of aliphatic hydroxyl groups is 1. The van der Waals surface area contributed by atoms with Crippen LogP contribution in [0.5, 0.6) is 17.2 Å². The van der Waals surface area contributed by atoms with Crippen molar-refractivity contribution in [2.75, 3.05) is 25.2 Å². The zero-order valence-electron chi connectivity index (χ0n) is 24.3. The van der Waals surface area contributed by atoms with Crippen molar-refractivity contribution in [3.63, 3.8) is 0 Å². The predicted molar refractivity (Wildman–Crippen MR) is 167 cm³/mol. The number of amides is 1. The first kappa shape index (κ1) is 31.0. The highest BCUT2D eigenvalue weighted by atomic mass is 32.2. The van der Waals surface area contributed by atoms with Crippen molar-refractivity contribution in [1.82, 2.24) is 10.2 Å². The molecule has 1 aliphatic heterocycles. The highest BCUT2D eigenvalue weighted by molar-refractivity contribution is 8.00. The van der Waals surface area contributed by atoms with Gasteiger partial charge >= 0.3 is 5.91 Å². The molecule has 0 radical (unpaired) electrons. The molecule has 228 valence electrons. The van der Waals surface area contributed by atoms with Crippen LogP contribution in [0.1, 0.15) is 43.0 Å². The number of benzene rings is 3. The molecule has 1 atom stereocenters. The molecule has 3 aromatic carbocycles. The molecule has 1 aromatic heterocycles. The zero-order chi connectivity index (χ0) is 31.2. The number of ketones is 1. The SMILES string of the molecule is CCCOc1ccc(/C(O)=C2/C(=O)C(=O)N(c3nnc(SCc4ccccc4F)s3)C2c2ccc(OCC)c(OC)c2)cc1. The lowest BCUT2D eigenvalue weighted by Gasteiger charge is -2.23. The maximum Gasteiger partial charge on any atom is 0.301 e. The summed E-state index contributed by atoms with van der Waals surface area (Å²) >= 11 is 2.36. The van der Waals surface area contributed by atoms with Gasteiger partial charge in [0.05, 0.1) is 31.9 Å². The van der Waals surface area contributed by atoms with Gasteiger partial charge in [-0.25, -0.2) is 4.39 Å². The minimum Gasteiger partial charge on any atom is -0.507 e. The Balaban J connectivity index is 1.56. The summed E-state index contributed by atoms with van der Waals surface area (Å²) in [5, 5.41) is 20.1. The molecule has 0 aliphatic carbocycles. The molecule has 4 aromatic rings. The summed E-state index contributed by atoms with van der Waals surface area (Å²) in [7, 11) is 1.49. The second-order valence-electron chi connectivity index (χ2n) is 9.62. The van der Waals surface area contributed by atoms with Crippen molar-refractivity contribution in [2.24, 2.45) is 0 Å². The van der Waals surface area contributed by atoms with Crippen molar-refractivity contribution in [3.05, 3.63) is 94.8 Å². The summed E-state index contributed by atoms with van der Waals surface area (Å²) in [5.74, 6) is -0.610. The molecule has 1 N–H and O–H groups in total. The van der Waals surface area contributed by atoms with E-state index < -0.39 is 17.7 Å². The van der Waals surface area contributed by atoms with Crippen LogP contribution < -0.4 is 19.1 Å². The molecule has 44 heavy (non-hydrogen) atoms. The van der Waals surface area contributed by atoms with E-state index in [-0.39, 0.29) is 22.3 Å². The third kappa shape index (κ3) is 6.41. The molecule has 1 fully saturated rings. The van der Waals surface area contributed by atoms with E-state index in [0.717, 1.165) is 17.8 Å². The summed E-state index contributed by atoms with van der Waals surface area (Å²) in [6, 6.07) is 17.1. The Bertz CT molecular complexity index is 1690. The Labute approximate surface area is 262 Å². The molecular weight excluding hydrogens is 605 g/mol. The molecule has 1 unspecified atom stereocenters. The topological polar surface area (TPSA) is 111 Å². The van der Waals surface area contributed by atoms with Crippen molar-refractivity contribution < 1.29 is 33.3 Å². The predicted octanol–water partition coefficient (Wildman–Crippen LogP) is 6.79. The van der Waals surface area contributed by atoms with Crippen molar-refractivity contribution in [2.45, 2.75) is 36.4 Å². The summed E-state index contributed by atoms with van der Waals surface area (Å²) < 4.78 is 31.5. The van der Waals surface area contributed by atoms with Gasteiger partial charge in [0, 0.05) is 11.3 Å². The minimum absolute atomic E-state index is 0.112. The Morgan fingerprint density at radius 3 is 2.50 bits per heavy atom. The monoisotopic (exact) mass is 635 g/mol. The van der Waals surface area contributed by atoms with Crippen LogP contribution in [0.4, 0.5) is 9.52 Å². The third-order valence-electron chi connectivity index (χ3n) is 6.76. The van der Waals surface area contributed by atoms with E-state index in [1.165, 1.54) is 29.8 Å². The number of aliphatic hydroxyl groups excluding tert-OH is 1. The Hall–Kier alpha value is -4.42. The van der Waals surface area contributed by atoms with Crippen LogP contribution in [0.3, 0.4) is 0 Å². The van der Waals surface area contributed by atoms with Crippen molar-refractivity contribution in [1.29, 1.82) is 0 Å². The number of aromatic nitrogens is 2. The highest BCUT2D eigenvalue weighted by Gasteiger charge is 2.48. The number of rotatable bonds is 12. The molecule has 0 saturated carbocycles. The van der Waals surface area contributed by atoms with Crippen LogP contribution in [0.25, 0.3) is 5.76 Å². The quantitative estimate of drug-likeness (QED) is 0.0591. The summed E-state index contributed by atoms with van der Waals surface area (Å²) in [6.07, 6.45) is 0.839. The third-order valence-corrected chi connectivity index (χ3v) is 8.86. The first-order valence-electron chi connectivity index (χ1n) is 13.9. The lowest BCUT2D eigenvalue weighted by Crippen LogP contribution is -2.29. The fourth-order valence-electron chi connectivity index (χ4n) is 4.67. The Morgan fingerprint density at radius 2 is 1.80 bits per heavy atom. The van der Waals surface area contributed by atoms with Crippen LogP contribution >= 0.6 is 23.1 Å². The zero-order valence-corrected chi connectivity index (χ0v) is 25.9. The number of Topliss-reactive ketones (excluding diaryl/α,β-unsaturated/α-hetero) is 1. The molecule has 2 heterocycles. The normalized spacial score (nSPS) is 15.9. The summed E-state index contributed by atoms with van der Waals surface area (Å²) in [6.45, 7) is 4.79. The second-order valence-corrected chi connectivity index (χ2v) is 11.8. The number of hydrogen-bond acceptors (Lipinski definition) is 10. The summed E-state index contributed by atoms with van der Waals surface area (Å²) in [4.78, 5) is 28.4. The molecule has 1 aliphatic rings. The van der Waals surface area contributed by atoms with Gasteiger partial charge in [-0.1, -0.05) is 54.3 Å². The molecule has 5 rings (SSSR count). The number of ether oxygens (including phenoxy) is 3. The van der Waals surface area contributed by atoms with Gasteiger partial charge in [-0.15, -0.1) is 10.2 Å². The summed E-state index contributed by atoms with van der Waals surface area (Å²) in [5.41, 5.74) is 1.22. The van der Waals surface area contributed by atoms with Crippen LogP contribution in [0.15, 0.2) is 76.6 Å². The smallest absolute Gasteiger partial charge is 0.301 e. The van der Waals surface area contributed by atoms with Crippen molar-refractivity contribution >= 4 is 45.7 Å². The highest BCUT2D eigenvalue weighted by Crippen LogP contribution is 2.45. The maximum atomic E-state index is 14.2. The minimum atomic E-state index is -1.05. The van der Waals surface area contributed by atoms with E-state index in [1.54, 1.807) is 60.7 Å². The molecule has 12 heteroatoms. The van der Waals surface area contributed by atoms with Gasteiger partial charge in [0.25, 0.3) is 5.78 Å². The molecule has 0 bridgehead atoms. The first-order valence-corrected chi connectivity index (χ1v) is 15.7. The fraction of sp³-hybridized carbons (Fsp3) is 0.250. The first-order chi connectivity index (χ1) is 21.4. The Morgan fingerprint density at radius 1 is 1.02 bits per heavy atom. The molecule has 0 spiro atoms. The molecule has 1 amide bonds. The van der Waals surface area contributed by atoms with Gasteiger partial charge < -0.3 is 19.3 Å². The Kier molecular flexibility index (Phi) is 9.81. The van der Waals surface area contributed by atoms with Gasteiger partial charge in [0.2, 0.25) is 5.13 Å². The van der Waals surface area contributed by atoms with Crippen LogP contribution in [-0.2, 0) is 15.3 Å². The number of anilines is 1. The van der Waals surface area contributed by atoms with E-state index in [2.05, 4.69) is 10.2 Å². The van der Waals surface area contributed by atoms with Crippen LogP contribution in [0, 0.1) is 5.82 Å². The lowest BCUT2D eigenvalue weighted by molar-refractivity contribution is -0.132. The number of hydrogen-bond donors (Lipinski definition) is 1. The average Bonchev–Trinajstić information content (AvgIpc) is 3.61. The number of carbonyl (C=O) groups excluding carboxylic acids is 2. The van der Waals surface area contributed by atoms with Gasteiger partial charge in [-0.2, -0.15) is 0 Å². The number of nitrogens with zero attached hydrogens (tertiary/aromatic N) is 3. The standard InChI is InChI=1S/C32H30FN3O6S2/c1-4-16-42-22-13-10-19(11-14-22)28(37)26-27(20-12-15-24(41-5-2)25(17-20)40-3)36(30(39)29(26)38)31-34-35-32(44-31)43-18-21-8-6-7-9-23(21)33/h6-15,17,27,37H,4-5,16,18H2,1-3H3/b28-26-. The van der Waals surface area contributed by atoms with Crippen LogP contribution in [-0.4, -0.2) is 47.3 Å². The lowest BCUT2D eigenvalue weighted by atomic mass is 9.95. The van der Waals surface area contributed by atoms with Gasteiger partial charge in [-0.3, -0.25) is 14.5 Å². The van der Waals surface area contributed by atoms with E-state index in [9.17, 15) is 19.1 Å². The van der Waals surface area contributed by atoms with Gasteiger partial charge in [0.15, 0.2) is 15.8 Å². The number of halogens is 1. The number of methoxy groups -OCH3 is 1. The molecule has 9 nitrogen and oxygen atoms in total. The second kappa shape index (κ2) is 13.9. The maximum absolute atomic E-state index is 14.2.